The Morgan fingerprint density at radius 1 is 1.06 bits per heavy atom. The van der Waals surface area contributed by atoms with Crippen molar-refractivity contribution < 1.29 is 9.59 Å². The van der Waals surface area contributed by atoms with Crippen molar-refractivity contribution in [3.8, 4) is 5.82 Å². The van der Waals surface area contributed by atoms with Crippen molar-refractivity contribution >= 4 is 39.9 Å². The van der Waals surface area contributed by atoms with E-state index in [2.05, 4.69) is 26.7 Å². The van der Waals surface area contributed by atoms with Gasteiger partial charge < -0.3 is 10.2 Å². The maximum Gasteiger partial charge on any atom is 0.224 e. The van der Waals surface area contributed by atoms with E-state index in [1.807, 2.05) is 39.8 Å². The molecule has 0 fully saturated rings. The number of carbonyl (C=O) groups is 2. The van der Waals surface area contributed by atoms with Crippen LogP contribution in [0.1, 0.15) is 23.3 Å². The monoisotopic (exact) mass is 431 g/mol. The minimum atomic E-state index is -0.191. The van der Waals surface area contributed by atoms with Crippen LogP contribution < -0.4 is 5.32 Å². The SMILES string of the molecule is O=C(CCC(=O)N1CCc2sccc2C1)Nc1ccc(-n2cnc3ccccc32)nc1. The van der Waals surface area contributed by atoms with Gasteiger partial charge in [-0.15, -0.1) is 11.3 Å². The van der Waals surface area contributed by atoms with Gasteiger partial charge in [-0.05, 0) is 47.7 Å². The maximum absolute atomic E-state index is 12.5. The first-order valence-corrected chi connectivity index (χ1v) is 11.1. The highest BCUT2D eigenvalue weighted by Crippen LogP contribution is 2.24. The highest BCUT2D eigenvalue weighted by Gasteiger charge is 2.21. The van der Waals surface area contributed by atoms with Crippen molar-refractivity contribution in [1.29, 1.82) is 0 Å². The Hall–Kier alpha value is -3.52. The number of aromatic nitrogens is 3. The van der Waals surface area contributed by atoms with Gasteiger partial charge in [0.05, 0.1) is 22.9 Å². The van der Waals surface area contributed by atoms with E-state index < -0.39 is 0 Å². The third-order valence-electron chi connectivity index (χ3n) is 5.46. The number of hydrogen-bond acceptors (Lipinski definition) is 5. The first kappa shape index (κ1) is 19.4. The number of rotatable bonds is 5. The molecule has 4 aromatic rings. The molecule has 1 aliphatic rings. The molecule has 5 rings (SSSR count). The second-order valence-corrected chi connectivity index (χ2v) is 8.49. The Morgan fingerprint density at radius 2 is 1.97 bits per heavy atom. The molecule has 0 bridgehead atoms. The fourth-order valence-corrected chi connectivity index (χ4v) is 4.70. The Bertz CT molecular complexity index is 1240. The molecule has 0 saturated heterocycles. The molecule has 2 amide bonds. The standard InChI is InChI=1S/C23H21N5O2S/c29-22(7-8-23(30)27-11-9-20-16(14-27)10-12-31-20)26-17-5-6-21(24-13-17)28-15-25-18-3-1-2-4-19(18)28/h1-6,10,12-13,15H,7-9,11,14H2,(H,26,29). The minimum Gasteiger partial charge on any atom is -0.338 e. The number of pyridine rings is 1. The number of benzene rings is 1. The number of para-hydroxylation sites is 2. The maximum atomic E-state index is 12.5. The average molecular weight is 432 g/mol. The first-order chi connectivity index (χ1) is 15.2. The van der Waals surface area contributed by atoms with Crippen LogP contribution in [0, 0.1) is 0 Å². The number of anilines is 1. The topological polar surface area (TPSA) is 80.1 Å². The summed E-state index contributed by atoms with van der Waals surface area (Å²) in [6, 6.07) is 13.6. The van der Waals surface area contributed by atoms with Crippen LogP contribution in [0.25, 0.3) is 16.9 Å². The van der Waals surface area contributed by atoms with Crippen molar-refractivity contribution in [1.82, 2.24) is 19.4 Å². The molecule has 0 spiro atoms. The largest absolute Gasteiger partial charge is 0.338 e. The van der Waals surface area contributed by atoms with E-state index in [0.29, 0.717) is 12.2 Å². The smallest absolute Gasteiger partial charge is 0.224 e. The Morgan fingerprint density at radius 3 is 2.84 bits per heavy atom. The molecule has 1 aliphatic heterocycles. The van der Waals surface area contributed by atoms with Gasteiger partial charge in [-0.3, -0.25) is 14.2 Å². The van der Waals surface area contributed by atoms with Crippen molar-refractivity contribution in [2.45, 2.75) is 25.8 Å². The van der Waals surface area contributed by atoms with Gasteiger partial charge >= 0.3 is 0 Å². The van der Waals surface area contributed by atoms with Crippen LogP contribution >= 0.6 is 11.3 Å². The molecule has 7 nitrogen and oxygen atoms in total. The lowest BCUT2D eigenvalue weighted by atomic mass is 10.1. The molecule has 31 heavy (non-hydrogen) atoms. The molecule has 8 heteroatoms. The second kappa shape index (κ2) is 8.31. The van der Waals surface area contributed by atoms with Gasteiger partial charge in [0.15, 0.2) is 0 Å². The number of fused-ring (bicyclic) bond motifs is 2. The number of amides is 2. The van der Waals surface area contributed by atoms with Crippen LogP contribution in [-0.4, -0.2) is 37.8 Å². The first-order valence-electron chi connectivity index (χ1n) is 10.2. The van der Waals surface area contributed by atoms with E-state index in [4.69, 9.17) is 0 Å². The normalized spacial score (nSPS) is 13.2. The van der Waals surface area contributed by atoms with Crippen LogP contribution in [0.4, 0.5) is 5.69 Å². The summed E-state index contributed by atoms with van der Waals surface area (Å²) in [4.78, 5) is 36.8. The molecular weight excluding hydrogens is 410 g/mol. The van der Waals surface area contributed by atoms with Crippen LogP contribution in [-0.2, 0) is 22.6 Å². The number of carbonyl (C=O) groups excluding carboxylic acids is 2. The quantitative estimate of drug-likeness (QED) is 0.521. The molecule has 3 aromatic heterocycles. The second-order valence-electron chi connectivity index (χ2n) is 7.49. The van der Waals surface area contributed by atoms with Crippen LogP contribution in [0.15, 0.2) is 60.4 Å². The third kappa shape index (κ3) is 4.06. The summed E-state index contributed by atoms with van der Waals surface area (Å²) in [6.07, 6.45) is 4.61. The lowest BCUT2D eigenvalue weighted by Crippen LogP contribution is -2.35. The lowest BCUT2D eigenvalue weighted by molar-refractivity contribution is -0.133. The summed E-state index contributed by atoms with van der Waals surface area (Å²) in [6.45, 7) is 1.37. The molecule has 1 aromatic carbocycles. The predicted molar refractivity (Wildman–Crippen MR) is 120 cm³/mol. The molecule has 1 N–H and O–H groups in total. The number of nitrogens with one attached hydrogen (secondary N) is 1. The minimum absolute atomic E-state index is 0.0208. The summed E-state index contributed by atoms with van der Waals surface area (Å²) in [5.74, 6) is 0.552. The lowest BCUT2D eigenvalue weighted by Gasteiger charge is -2.27. The number of thiophene rings is 1. The predicted octanol–water partition coefficient (Wildman–Crippen LogP) is 3.79. The van der Waals surface area contributed by atoms with Gasteiger partial charge in [0.2, 0.25) is 11.8 Å². The zero-order valence-electron chi connectivity index (χ0n) is 16.8. The van der Waals surface area contributed by atoms with Gasteiger partial charge in [0.25, 0.3) is 0 Å². The Kier molecular flexibility index (Phi) is 5.21. The molecule has 0 atom stereocenters. The number of imidazole rings is 1. The molecule has 0 saturated carbocycles. The third-order valence-corrected chi connectivity index (χ3v) is 6.48. The van der Waals surface area contributed by atoms with E-state index in [1.165, 1.54) is 10.4 Å². The van der Waals surface area contributed by atoms with Gasteiger partial charge in [-0.25, -0.2) is 9.97 Å². The Balaban J connectivity index is 1.16. The molecule has 4 heterocycles. The summed E-state index contributed by atoms with van der Waals surface area (Å²) >= 11 is 1.75. The van der Waals surface area contributed by atoms with Crippen LogP contribution in [0.2, 0.25) is 0 Å². The van der Waals surface area contributed by atoms with E-state index in [1.54, 1.807) is 29.9 Å². The van der Waals surface area contributed by atoms with Crippen LogP contribution in [0.5, 0.6) is 0 Å². The van der Waals surface area contributed by atoms with E-state index in [-0.39, 0.29) is 24.7 Å². The van der Waals surface area contributed by atoms with Crippen molar-refractivity contribution in [2.75, 3.05) is 11.9 Å². The van der Waals surface area contributed by atoms with Crippen molar-refractivity contribution in [3.63, 3.8) is 0 Å². The number of nitrogens with zero attached hydrogens (tertiary/aromatic N) is 4. The molecule has 0 unspecified atom stereocenters. The highest BCUT2D eigenvalue weighted by atomic mass is 32.1. The highest BCUT2D eigenvalue weighted by molar-refractivity contribution is 7.10. The van der Waals surface area contributed by atoms with E-state index in [9.17, 15) is 9.59 Å². The van der Waals surface area contributed by atoms with Crippen molar-refractivity contribution in [3.05, 3.63) is 70.8 Å². The van der Waals surface area contributed by atoms with Crippen LogP contribution in [0.3, 0.4) is 0 Å². The summed E-state index contributed by atoms with van der Waals surface area (Å²) in [7, 11) is 0. The van der Waals surface area contributed by atoms with E-state index >= 15 is 0 Å². The fraction of sp³-hybridized carbons (Fsp3) is 0.217. The van der Waals surface area contributed by atoms with Gasteiger partial charge in [-0.2, -0.15) is 0 Å². The summed E-state index contributed by atoms with van der Waals surface area (Å²) in [5, 5.41) is 4.90. The summed E-state index contributed by atoms with van der Waals surface area (Å²) < 4.78 is 1.90. The van der Waals surface area contributed by atoms with Gasteiger partial charge in [0, 0.05) is 30.8 Å². The molecule has 0 aliphatic carbocycles. The van der Waals surface area contributed by atoms with Gasteiger partial charge in [-0.1, -0.05) is 12.1 Å². The average Bonchev–Trinajstić information content (AvgIpc) is 3.44. The molecular formula is C23H21N5O2S. The van der Waals surface area contributed by atoms with E-state index in [0.717, 1.165) is 29.8 Å². The summed E-state index contributed by atoms with van der Waals surface area (Å²) in [5.41, 5.74) is 3.70. The molecule has 156 valence electrons. The number of hydrogen-bond donors (Lipinski definition) is 1. The zero-order chi connectivity index (χ0) is 21.2. The molecule has 0 radical (unpaired) electrons. The van der Waals surface area contributed by atoms with Crippen molar-refractivity contribution in [2.24, 2.45) is 0 Å². The van der Waals surface area contributed by atoms with Gasteiger partial charge in [0.1, 0.15) is 12.1 Å². The zero-order valence-corrected chi connectivity index (χ0v) is 17.6. The fourth-order valence-electron chi connectivity index (χ4n) is 3.81. The Labute approximate surface area is 183 Å².